The van der Waals surface area contributed by atoms with Gasteiger partial charge >= 0.3 is 0 Å². The third kappa shape index (κ3) is 3.88. The van der Waals surface area contributed by atoms with Crippen LogP contribution < -0.4 is 0 Å². The lowest BCUT2D eigenvalue weighted by Gasteiger charge is -2.19. The van der Waals surface area contributed by atoms with Crippen molar-refractivity contribution in [2.75, 3.05) is 0 Å². The minimum absolute atomic E-state index is 0.960. The molecular formula is C46H30N2S. The Morgan fingerprint density at radius 1 is 0.449 bits per heavy atom. The van der Waals surface area contributed by atoms with E-state index in [0.29, 0.717) is 0 Å². The zero-order valence-corrected chi connectivity index (χ0v) is 27.5. The van der Waals surface area contributed by atoms with Crippen LogP contribution in [0.15, 0.2) is 158 Å². The smallest absolute Gasteiger partial charge is 0.0788 e. The van der Waals surface area contributed by atoms with Gasteiger partial charge in [-0.1, -0.05) is 109 Å². The van der Waals surface area contributed by atoms with E-state index in [-0.39, 0.29) is 0 Å². The van der Waals surface area contributed by atoms with Crippen LogP contribution in [-0.4, -0.2) is 9.13 Å². The summed E-state index contributed by atoms with van der Waals surface area (Å²) in [4.78, 5) is 0. The summed E-state index contributed by atoms with van der Waals surface area (Å²) in [6, 6.07) is 53.7. The average Bonchev–Trinajstić information content (AvgIpc) is 3.83. The van der Waals surface area contributed by atoms with Gasteiger partial charge in [0.15, 0.2) is 0 Å². The first-order valence-corrected chi connectivity index (χ1v) is 17.9. The summed E-state index contributed by atoms with van der Waals surface area (Å²) < 4.78 is 7.77. The predicted octanol–water partition coefficient (Wildman–Crippen LogP) is 13.1. The van der Waals surface area contributed by atoms with Gasteiger partial charge in [0.25, 0.3) is 0 Å². The zero-order valence-electron chi connectivity index (χ0n) is 26.7. The molecule has 0 radical (unpaired) electrons. The second kappa shape index (κ2) is 10.3. The van der Waals surface area contributed by atoms with E-state index in [2.05, 4.69) is 167 Å². The molecular weight excluding hydrogens is 613 g/mol. The molecule has 0 saturated heterocycles. The number of aromatic nitrogens is 2. The molecule has 0 unspecified atom stereocenters. The molecule has 0 spiro atoms. The molecule has 0 amide bonds. The van der Waals surface area contributed by atoms with Crippen molar-refractivity contribution < 1.29 is 0 Å². The van der Waals surface area contributed by atoms with Gasteiger partial charge in [-0.3, -0.25) is 0 Å². The van der Waals surface area contributed by atoms with Crippen LogP contribution in [0, 0.1) is 0 Å². The lowest BCUT2D eigenvalue weighted by molar-refractivity contribution is 0.992. The summed E-state index contributed by atoms with van der Waals surface area (Å²) in [5.74, 6) is 0. The first kappa shape index (κ1) is 27.1. The summed E-state index contributed by atoms with van der Waals surface area (Å²) in [5, 5.41) is 10.5. The van der Waals surface area contributed by atoms with Gasteiger partial charge in [-0.15, -0.1) is 11.3 Å². The van der Waals surface area contributed by atoms with Gasteiger partial charge in [0.05, 0.1) is 22.1 Å². The Morgan fingerprint density at radius 3 is 2.06 bits per heavy atom. The number of para-hydroxylation sites is 2. The fraction of sp³-hybridized carbons (Fsp3) is 0.0435. The maximum absolute atomic E-state index is 2.58. The van der Waals surface area contributed by atoms with Crippen molar-refractivity contribution in [3.8, 4) is 5.69 Å². The topological polar surface area (TPSA) is 9.86 Å². The minimum atomic E-state index is 0.960. The van der Waals surface area contributed by atoms with Crippen molar-refractivity contribution in [1.82, 2.24) is 9.13 Å². The van der Waals surface area contributed by atoms with Crippen molar-refractivity contribution in [3.63, 3.8) is 0 Å². The summed E-state index contributed by atoms with van der Waals surface area (Å²) in [7, 11) is 0. The SMILES string of the molecule is C1=C(c2ccc3sc4ccccc4c3c2)CCC(n2c3ccc4ccccc4c3c3ccc4c5ccccc5n(-c5ccccc5)c4c32)=C1. The fourth-order valence-corrected chi connectivity index (χ4v) is 9.53. The summed E-state index contributed by atoms with van der Waals surface area (Å²) in [6.45, 7) is 0. The summed E-state index contributed by atoms with van der Waals surface area (Å²) >= 11 is 1.88. The molecule has 11 rings (SSSR count). The van der Waals surface area contributed by atoms with E-state index < -0.39 is 0 Å². The molecule has 0 aliphatic heterocycles. The lowest BCUT2D eigenvalue weighted by atomic mass is 9.94. The van der Waals surface area contributed by atoms with Crippen LogP contribution in [0.3, 0.4) is 0 Å². The fourth-order valence-electron chi connectivity index (χ4n) is 8.44. The van der Waals surface area contributed by atoms with E-state index in [0.717, 1.165) is 12.8 Å². The highest BCUT2D eigenvalue weighted by Crippen LogP contribution is 2.45. The van der Waals surface area contributed by atoms with Gasteiger partial charge in [0, 0.05) is 53.1 Å². The average molecular weight is 643 g/mol. The maximum atomic E-state index is 2.58. The number of hydrogen-bond acceptors (Lipinski definition) is 1. The third-order valence-corrected chi connectivity index (χ3v) is 11.8. The normalized spacial score (nSPS) is 13.8. The van der Waals surface area contributed by atoms with Crippen LogP contribution in [0.5, 0.6) is 0 Å². The molecule has 0 N–H and O–H groups in total. The molecule has 7 aromatic carbocycles. The Morgan fingerprint density at radius 2 is 1.18 bits per heavy atom. The molecule has 0 bridgehead atoms. The van der Waals surface area contributed by atoms with Crippen molar-refractivity contribution in [2.45, 2.75) is 12.8 Å². The summed E-state index contributed by atoms with van der Waals surface area (Å²) in [5.41, 5.74) is 10.3. The molecule has 49 heavy (non-hydrogen) atoms. The molecule has 3 heteroatoms. The first-order valence-electron chi connectivity index (χ1n) is 17.1. The highest BCUT2D eigenvalue weighted by atomic mass is 32.1. The Kier molecular flexibility index (Phi) is 5.69. The predicted molar refractivity (Wildman–Crippen MR) is 212 cm³/mol. The highest BCUT2D eigenvalue weighted by molar-refractivity contribution is 7.25. The number of nitrogens with zero attached hydrogens (tertiary/aromatic N) is 2. The van der Waals surface area contributed by atoms with Gasteiger partial charge in [0.2, 0.25) is 0 Å². The molecule has 0 saturated carbocycles. The maximum Gasteiger partial charge on any atom is 0.0788 e. The molecule has 0 fully saturated rings. The Labute approximate surface area is 287 Å². The molecule has 10 aromatic rings. The van der Waals surface area contributed by atoms with Gasteiger partial charge in [-0.25, -0.2) is 0 Å². The number of rotatable bonds is 3. The van der Waals surface area contributed by atoms with Crippen LogP contribution >= 0.6 is 11.3 Å². The number of allylic oxidation sites excluding steroid dienone is 4. The monoisotopic (exact) mass is 642 g/mol. The minimum Gasteiger partial charge on any atom is -0.311 e. The Bertz CT molecular complexity index is 3040. The zero-order chi connectivity index (χ0) is 32.1. The Balaban J connectivity index is 1.21. The Hall–Kier alpha value is -5.90. The molecule has 3 heterocycles. The second-order valence-corrected chi connectivity index (χ2v) is 14.3. The van der Waals surface area contributed by atoms with Gasteiger partial charge in [0.1, 0.15) is 0 Å². The number of fused-ring (bicyclic) bond motifs is 12. The van der Waals surface area contributed by atoms with Crippen LogP contribution in [0.1, 0.15) is 18.4 Å². The van der Waals surface area contributed by atoms with Crippen LogP contribution in [-0.2, 0) is 0 Å². The number of thiophene rings is 1. The third-order valence-electron chi connectivity index (χ3n) is 10.6. The molecule has 2 nitrogen and oxygen atoms in total. The first-order chi connectivity index (χ1) is 24.3. The second-order valence-electron chi connectivity index (χ2n) is 13.2. The van der Waals surface area contributed by atoms with E-state index in [4.69, 9.17) is 0 Å². The van der Waals surface area contributed by atoms with Crippen LogP contribution in [0.4, 0.5) is 0 Å². The molecule has 1 aliphatic carbocycles. The van der Waals surface area contributed by atoms with Crippen molar-refractivity contribution >= 4 is 97.2 Å². The number of benzene rings is 7. The van der Waals surface area contributed by atoms with Crippen LogP contribution in [0.25, 0.3) is 91.5 Å². The molecule has 1 aliphatic rings. The highest BCUT2D eigenvalue weighted by Gasteiger charge is 2.23. The van der Waals surface area contributed by atoms with Crippen molar-refractivity contribution in [1.29, 1.82) is 0 Å². The van der Waals surface area contributed by atoms with E-state index in [1.165, 1.54) is 97.1 Å². The molecule has 230 valence electrons. The largest absolute Gasteiger partial charge is 0.311 e. The summed E-state index contributed by atoms with van der Waals surface area (Å²) in [6.07, 6.45) is 6.71. The van der Waals surface area contributed by atoms with E-state index in [1.54, 1.807) is 0 Å². The quantitative estimate of drug-likeness (QED) is 0.181. The molecule has 3 aromatic heterocycles. The van der Waals surface area contributed by atoms with Gasteiger partial charge < -0.3 is 9.13 Å². The molecule has 0 atom stereocenters. The van der Waals surface area contributed by atoms with Gasteiger partial charge in [-0.05, 0) is 83.3 Å². The van der Waals surface area contributed by atoms with Crippen molar-refractivity contribution in [3.05, 3.63) is 163 Å². The van der Waals surface area contributed by atoms with E-state index in [9.17, 15) is 0 Å². The lowest BCUT2D eigenvalue weighted by Crippen LogP contribution is -2.03. The van der Waals surface area contributed by atoms with E-state index >= 15 is 0 Å². The van der Waals surface area contributed by atoms with Crippen molar-refractivity contribution in [2.24, 2.45) is 0 Å². The van der Waals surface area contributed by atoms with E-state index in [1.807, 2.05) is 11.3 Å². The van der Waals surface area contributed by atoms with Gasteiger partial charge in [-0.2, -0.15) is 0 Å². The standard InChI is InChI=1S/C46H30N2S/c1-2-11-32(12-3-1)47-40-16-8-6-14-35(40)37-24-25-38-44-34-13-5-4-10-30(34)20-26-41(44)48(46(38)45(37)47)33-22-18-29(19-23-33)31-21-27-43-39(28-31)36-15-7-9-17-42(36)49-43/h1-18,20-22,24-28H,19,23H2. The number of hydrogen-bond donors (Lipinski definition) is 0. The van der Waals surface area contributed by atoms with Crippen LogP contribution in [0.2, 0.25) is 0 Å².